The maximum absolute atomic E-state index is 4.05. The summed E-state index contributed by atoms with van der Waals surface area (Å²) in [6.07, 6.45) is 0. The summed E-state index contributed by atoms with van der Waals surface area (Å²) in [5.74, 6) is 0.338. The van der Waals surface area contributed by atoms with Gasteiger partial charge in [0.05, 0.1) is 11.7 Å². The number of hydrogen-bond donors (Lipinski definition) is 1. The van der Waals surface area contributed by atoms with Crippen molar-refractivity contribution in [3.8, 4) is 0 Å². The molecule has 1 aromatic heterocycles. The highest BCUT2D eigenvalue weighted by Crippen LogP contribution is 2.32. The molecule has 5 heteroatoms. The van der Waals surface area contributed by atoms with E-state index in [4.69, 9.17) is 0 Å². The highest BCUT2D eigenvalue weighted by molar-refractivity contribution is 9.10. The molecule has 96 valence electrons. The Hall–Kier alpha value is -1.20. The van der Waals surface area contributed by atoms with Crippen molar-refractivity contribution in [3.05, 3.63) is 46.2 Å². The molecule has 0 fully saturated rings. The Kier molecular flexibility index (Phi) is 4.14. The minimum atomic E-state index is 0.168. The van der Waals surface area contributed by atoms with Gasteiger partial charge < -0.3 is 5.32 Å². The summed E-state index contributed by atoms with van der Waals surface area (Å²) < 4.78 is 2.61. The molecular formula is C13H17BrN4. The Labute approximate surface area is 116 Å². The standard InChI is InChI=1S/C13H17BrN4/c1-9(10-7-5-4-6-8-10)11(15-2)12-13(14)16-17-18(12)3/h4-9,11,15H,1-3H3. The van der Waals surface area contributed by atoms with E-state index in [1.54, 1.807) is 0 Å². The van der Waals surface area contributed by atoms with Crippen LogP contribution in [0.25, 0.3) is 0 Å². The predicted molar refractivity (Wildman–Crippen MR) is 75.4 cm³/mol. The molecule has 18 heavy (non-hydrogen) atoms. The Bertz CT molecular complexity index is 489. The molecule has 0 aliphatic rings. The molecule has 2 rings (SSSR count). The van der Waals surface area contributed by atoms with Gasteiger partial charge in [0, 0.05) is 13.0 Å². The molecule has 0 spiro atoms. The van der Waals surface area contributed by atoms with E-state index in [9.17, 15) is 0 Å². The van der Waals surface area contributed by atoms with Gasteiger partial charge >= 0.3 is 0 Å². The second-order valence-corrected chi connectivity index (χ2v) is 5.11. The molecule has 2 unspecified atom stereocenters. The van der Waals surface area contributed by atoms with Gasteiger partial charge in [0.25, 0.3) is 0 Å². The molecule has 2 atom stereocenters. The summed E-state index contributed by atoms with van der Waals surface area (Å²) in [5.41, 5.74) is 2.36. The van der Waals surface area contributed by atoms with E-state index in [0.717, 1.165) is 10.3 Å². The van der Waals surface area contributed by atoms with Gasteiger partial charge in [0.1, 0.15) is 0 Å². The van der Waals surface area contributed by atoms with Crippen LogP contribution in [0, 0.1) is 0 Å². The molecule has 4 nitrogen and oxygen atoms in total. The molecule has 0 radical (unpaired) electrons. The second-order valence-electron chi connectivity index (χ2n) is 4.35. The SMILES string of the molecule is CNC(c1c(Br)nnn1C)C(C)c1ccccc1. The van der Waals surface area contributed by atoms with Gasteiger partial charge in [-0.15, -0.1) is 5.10 Å². The molecule has 1 heterocycles. The molecule has 1 N–H and O–H groups in total. The first-order valence-electron chi connectivity index (χ1n) is 5.92. The maximum Gasteiger partial charge on any atom is 0.153 e. The minimum Gasteiger partial charge on any atom is -0.311 e. The van der Waals surface area contributed by atoms with Crippen LogP contribution in [0.5, 0.6) is 0 Å². The van der Waals surface area contributed by atoms with Crippen LogP contribution >= 0.6 is 15.9 Å². The van der Waals surface area contributed by atoms with E-state index >= 15 is 0 Å². The minimum absolute atomic E-state index is 0.168. The van der Waals surface area contributed by atoms with Crippen molar-refractivity contribution < 1.29 is 0 Å². The average Bonchev–Trinajstić information content (AvgIpc) is 2.72. The maximum atomic E-state index is 4.05. The number of aromatic nitrogens is 3. The van der Waals surface area contributed by atoms with Crippen molar-refractivity contribution in [2.45, 2.75) is 18.9 Å². The molecule has 0 saturated heterocycles. The Morgan fingerprint density at radius 3 is 2.44 bits per heavy atom. The van der Waals surface area contributed by atoms with Crippen molar-refractivity contribution in [2.24, 2.45) is 7.05 Å². The molecule has 0 amide bonds. The third-order valence-corrected chi connectivity index (χ3v) is 3.82. The Morgan fingerprint density at radius 1 is 1.28 bits per heavy atom. The van der Waals surface area contributed by atoms with Crippen LogP contribution in [0.3, 0.4) is 0 Å². The number of rotatable bonds is 4. The third-order valence-electron chi connectivity index (χ3n) is 3.26. The van der Waals surface area contributed by atoms with Crippen LogP contribution in [-0.2, 0) is 7.05 Å². The predicted octanol–water partition coefficient (Wildman–Crippen LogP) is 2.64. The van der Waals surface area contributed by atoms with Crippen molar-refractivity contribution >= 4 is 15.9 Å². The van der Waals surface area contributed by atoms with Gasteiger partial charge in [0.15, 0.2) is 4.60 Å². The van der Waals surface area contributed by atoms with Crippen molar-refractivity contribution in [1.29, 1.82) is 0 Å². The summed E-state index contributed by atoms with van der Waals surface area (Å²) in [4.78, 5) is 0. The molecule has 0 bridgehead atoms. The zero-order valence-electron chi connectivity index (χ0n) is 10.8. The second kappa shape index (κ2) is 5.63. The van der Waals surface area contributed by atoms with Gasteiger partial charge in [-0.05, 0) is 28.5 Å². The summed E-state index contributed by atoms with van der Waals surface area (Å²) in [6.45, 7) is 2.20. The van der Waals surface area contributed by atoms with Gasteiger partial charge in [0.2, 0.25) is 0 Å². The molecule has 0 saturated carbocycles. The fourth-order valence-corrected chi connectivity index (χ4v) is 2.82. The number of benzene rings is 1. The normalized spacial score (nSPS) is 14.4. The molecule has 0 aliphatic heterocycles. The summed E-state index contributed by atoms with van der Waals surface area (Å²) in [7, 11) is 3.87. The van der Waals surface area contributed by atoms with Crippen LogP contribution < -0.4 is 5.32 Å². The lowest BCUT2D eigenvalue weighted by molar-refractivity contribution is 0.470. The molecular weight excluding hydrogens is 292 g/mol. The van der Waals surface area contributed by atoms with Crippen molar-refractivity contribution in [1.82, 2.24) is 20.3 Å². The average molecular weight is 309 g/mol. The van der Waals surface area contributed by atoms with Crippen LogP contribution in [0.4, 0.5) is 0 Å². The summed E-state index contributed by atoms with van der Waals surface area (Å²) >= 11 is 3.46. The van der Waals surface area contributed by atoms with Crippen LogP contribution in [0.2, 0.25) is 0 Å². The number of nitrogens with zero attached hydrogens (tertiary/aromatic N) is 3. The van der Waals surface area contributed by atoms with E-state index in [1.807, 2.05) is 24.8 Å². The van der Waals surface area contributed by atoms with Gasteiger partial charge in [-0.3, -0.25) is 0 Å². The van der Waals surface area contributed by atoms with E-state index in [1.165, 1.54) is 5.56 Å². The molecule has 1 aromatic carbocycles. The lowest BCUT2D eigenvalue weighted by Crippen LogP contribution is -2.25. The lowest BCUT2D eigenvalue weighted by Gasteiger charge is -2.24. The quantitative estimate of drug-likeness (QED) is 0.944. The van der Waals surface area contributed by atoms with E-state index < -0.39 is 0 Å². The Morgan fingerprint density at radius 2 is 1.94 bits per heavy atom. The van der Waals surface area contributed by atoms with E-state index in [0.29, 0.717) is 5.92 Å². The van der Waals surface area contributed by atoms with Gasteiger partial charge in [-0.1, -0.05) is 42.5 Å². The number of aryl methyl sites for hydroxylation is 1. The highest BCUT2D eigenvalue weighted by atomic mass is 79.9. The zero-order chi connectivity index (χ0) is 13.1. The molecule has 2 aromatic rings. The van der Waals surface area contributed by atoms with Crippen LogP contribution in [0.15, 0.2) is 34.9 Å². The molecule has 0 aliphatic carbocycles. The smallest absolute Gasteiger partial charge is 0.153 e. The van der Waals surface area contributed by atoms with E-state index in [-0.39, 0.29) is 6.04 Å². The van der Waals surface area contributed by atoms with Gasteiger partial charge in [-0.25, -0.2) is 4.68 Å². The third kappa shape index (κ3) is 2.47. The summed E-state index contributed by atoms with van der Waals surface area (Å²) in [5, 5.41) is 11.4. The van der Waals surface area contributed by atoms with Crippen LogP contribution in [0.1, 0.15) is 30.1 Å². The fraction of sp³-hybridized carbons (Fsp3) is 0.385. The van der Waals surface area contributed by atoms with Gasteiger partial charge in [-0.2, -0.15) is 0 Å². The number of nitrogens with one attached hydrogen (secondary N) is 1. The summed E-state index contributed by atoms with van der Waals surface area (Å²) in [6, 6.07) is 10.6. The highest BCUT2D eigenvalue weighted by Gasteiger charge is 2.25. The number of hydrogen-bond acceptors (Lipinski definition) is 3. The van der Waals surface area contributed by atoms with Crippen molar-refractivity contribution in [2.75, 3.05) is 7.05 Å². The van der Waals surface area contributed by atoms with E-state index in [2.05, 4.69) is 62.7 Å². The Balaban J connectivity index is 2.35. The number of halogens is 1. The monoisotopic (exact) mass is 308 g/mol. The first-order chi connectivity index (χ1) is 8.65. The first kappa shape index (κ1) is 13.2. The van der Waals surface area contributed by atoms with Crippen molar-refractivity contribution in [3.63, 3.8) is 0 Å². The fourth-order valence-electron chi connectivity index (χ4n) is 2.24. The topological polar surface area (TPSA) is 42.7 Å². The number of likely N-dealkylation sites (N-methyl/N-ethyl adjacent to an activating group) is 1. The largest absolute Gasteiger partial charge is 0.311 e. The lowest BCUT2D eigenvalue weighted by atomic mass is 9.91. The zero-order valence-corrected chi connectivity index (χ0v) is 12.3. The first-order valence-corrected chi connectivity index (χ1v) is 6.71. The van der Waals surface area contributed by atoms with Crippen LogP contribution in [-0.4, -0.2) is 22.0 Å².